The third kappa shape index (κ3) is 6.09. The lowest BCUT2D eigenvalue weighted by Gasteiger charge is -2.49. The van der Waals surface area contributed by atoms with E-state index in [-0.39, 0.29) is 11.5 Å². The molecule has 2 saturated heterocycles. The van der Waals surface area contributed by atoms with Gasteiger partial charge in [0, 0.05) is 10.5 Å². The SMILES string of the molecule is c1ccc(CO[C@H]2[C@@H](Oc3ccc4ccccc4c3)[C@@H]3OC(c4ccccc4)OC[C@H]3O[C@@H]2Sc2ccccc2)cc1. The van der Waals surface area contributed by atoms with E-state index in [9.17, 15) is 0 Å². The Bertz CT molecular complexity index is 1580. The summed E-state index contributed by atoms with van der Waals surface area (Å²) < 4.78 is 33.2. The van der Waals surface area contributed by atoms with E-state index in [4.69, 9.17) is 23.7 Å². The highest BCUT2D eigenvalue weighted by atomic mass is 32.2. The maximum Gasteiger partial charge on any atom is 0.184 e. The number of rotatable bonds is 8. The van der Waals surface area contributed by atoms with Crippen molar-refractivity contribution >= 4 is 22.5 Å². The molecule has 0 N–H and O–H groups in total. The normalized spacial score (nSPS) is 25.5. The Kier molecular flexibility index (Phi) is 8.22. The standard InChI is InChI=1S/C36H32O5S/c1-4-12-25(13-5-1)23-37-34-33(39-29-21-20-26-14-10-11-17-28(26)22-29)32-31(40-36(34)42-30-18-8-3-9-19-30)24-38-35(41-32)27-15-6-2-7-16-27/h1-22,31-36H,23-24H2/t31-,32-,33+,34+,35?,36-/m1/s1. The van der Waals surface area contributed by atoms with Crippen molar-refractivity contribution in [1.82, 2.24) is 0 Å². The van der Waals surface area contributed by atoms with Crippen LogP contribution in [0.2, 0.25) is 0 Å². The minimum absolute atomic E-state index is 0.326. The maximum absolute atomic E-state index is 6.89. The first kappa shape index (κ1) is 27.2. The second-order valence-electron chi connectivity index (χ2n) is 10.5. The van der Waals surface area contributed by atoms with Gasteiger partial charge in [0.1, 0.15) is 29.5 Å². The summed E-state index contributed by atoms with van der Waals surface area (Å²) in [5.74, 6) is 0.766. The minimum atomic E-state index is -0.521. The van der Waals surface area contributed by atoms with Crippen molar-refractivity contribution < 1.29 is 23.7 Å². The largest absolute Gasteiger partial charge is 0.485 e. The topological polar surface area (TPSA) is 46.2 Å². The highest BCUT2D eigenvalue weighted by Crippen LogP contribution is 2.42. The molecule has 5 aromatic rings. The van der Waals surface area contributed by atoms with Crippen molar-refractivity contribution in [3.8, 4) is 5.75 Å². The Morgan fingerprint density at radius 2 is 1.36 bits per heavy atom. The van der Waals surface area contributed by atoms with Crippen molar-refractivity contribution in [2.45, 2.75) is 47.6 Å². The van der Waals surface area contributed by atoms with Crippen LogP contribution in [0.3, 0.4) is 0 Å². The molecular weight excluding hydrogens is 544 g/mol. The molecule has 2 aliphatic rings. The fourth-order valence-electron chi connectivity index (χ4n) is 5.53. The number of thioether (sulfide) groups is 1. The number of hydrogen-bond acceptors (Lipinski definition) is 6. The smallest absolute Gasteiger partial charge is 0.184 e. The molecular formula is C36H32O5S. The van der Waals surface area contributed by atoms with Crippen molar-refractivity contribution in [2.24, 2.45) is 0 Å². The van der Waals surface area contributed by atoms with Gasteiger partial charge in [-0.1, -0.05) is 121 Å². The van der Waals surface area contributed by atoms with E-state index < -0.39 is 24.6 Å². The monoisotopic (exact) mass is 576 g/mol. The zero-order valence-corrected chi connectivity index (χ0v) is 23.8. The van der Waals surface area contributed by atoms with Gasteiger partial charge >= 0.3 is 0 Å². The summed E-state index contributed by atoms with van der Waals surface area (Å²) in [4.78, 5) is 1.10. The fourth-order valence-corrected chi connectivity index (χ4v) is 6.68. The van der Waals surface area contributed by atoms with E-state index in [2.05, 4.69) is 48.5 Å². The molecule has 42 heavy (non-hydrogen) atoms. The predicted octanol–water partition coefficient (Wildman–Crippen LogP) is 7.80. The van der Waals surface area contributed by atoms with Crippen molar-refractivity contribution in [2.75, 3.05) is 6.61 Å². The molecule has 1 unspecified atom stereocenters. The molecule has 0 spiro atoms. The van der Waals surface area contributed by atoms with Gasteiger partial charge in [-0.05, 0) is 40.6 Å². The summed E-state index contributed by atoms with van der Waals surface area (Å²) in [7, 11) is 0. The van der Waals surface area contributed by atoms with Gasteiger partial charge in [0.25, 0.3) is 0 Å². The van der Waals surface area contributed by atoms with Crippen LogP contribution in [0.15, 0.2) is 138 Å². The van der Waals surface area contributed by atoms with Crippen LogP contribution in [-0.2, 0) is 25.6 Å². The molecule has 2 heterocycles. The molecule has 2 fully saturated rings. The van der Waals surface area contributed by atoms with Gasteiger partial charge < -0.3 is 23.7 Å². The van der Waals surface area contributed by atoms with Crippen molar-refractivity contribution in [3.63, 3.8) is 0 Å². The molecule has 212 valence electrons. The maximum atomic E-state index is 6.89. The lowest BCUT2D eigenvalue weighted by Crippen LogP contribution is -2.63. The molecule has 0 aliphatic carbocycles. The summed E-state index contributed by atoms with van der Waals surface area (Å²) in [6.45, 7) is 0.813. The van der Waals surface area contributed by atoms with E-state index in [0.717, 1.165) is 32.5 Å². The quantitative estimate of drug-likeness (QED) is 0.188. The first-order chi connectivity index (χ1) is 20.8. The summed E-state index contributed by atoms with van der Waals surface area (Å²) in [6.07, 6.45) is -2.15. The van der Waals surface area contributed by atoms with Crippen LogP contribution >= 0.6 is 11.8 Å². The average Bonchev–Trinajstić information content (AvgIpc) is 3.05. The molecule has 0 saturated carbocycles. The van der Waals surface area contributed by atoms with Gasteiger partial charge in [-0.2, -0.15) is 0 Å². The van der Waals surface area contributed by atoms with Crippen LogP contribution in [0, 0.1) is 0 Å². The molecule has 5 aromatic carbocycles. The third-order valence-electron chi connectivity index (χ3n) is 7.63. The molecule has 0 aromatic heterocycles. The Balaban J connectivity index is 1.24. The van der Waals surface area contributed by atoms with Gasteiger partial charge in [0.2, 0.25) is 0 Å². The molecule has 0 radical (unpaired) electrons. The lowest BCUT2D eigenvalue weighted by molar-refractivity contribution is -0.319. The molecule has 0 bridgehead atoms. The molecule has 6 heteroatoms. The van der Waals surface area contributed by atoms with Crippen molar-refractivity contribution in [1.29, 1.82) is 0 Å². The highest BCUT2D eigenvalue weighted by molar-refractivity contribution is 7.99. The average molecular weight is 577 g/mol. The summed E-state index contributed by atoms with van der Waals surface area (Å²) in [5.41, 5.74) is 1.70. The minimum Gasteiger partial charge on any atom is -0.485 e. The van der Waals surface area contributed by atoms with E-state index in [0.29, 0.717) is 13.2 Å². The molecule has 5 nitrogen and oxygen atoms in total. The Morgan fingerprint density at radius 3 is 2.14 bits per heavy atom. The van der Waals surface area contributed by atoms with E-state index >= 15 is 0 Å². The van der Waals surface area contributed by atoms with Crippen LogP contribution in [0.25, 0.3) is 10.8 Å². The second-order valence-corrected chi connectivity index (χ2v) is 11.7. The van der Waals surface area contributed by atoms with Crippen LogP contribution in [0.1, 0.15) is 17.4 Å². The Hall–Kier alpha value is -3.65. The van der Waals surface area contributed by atoms with Gasteiger partial charge in [0.05, 0.1) is 13.2 Å². The Labute approximate surface area is 250 Å². The van der Waals surface area contributed by atoms with E-state index in [1.807, 2.05) is 84.9 Å². The molecule has 7 rings (SSSR count). The first-order valence-electron chi connectivity index (χ1n) is 14.3. The predicted molar refractivity (Wildman–Crippen MR) is 164 cm³/mol. The molecule has 2 aliphatic heterocycles. The van der Waals surface area contributed by atoms with Gasteiger partial charge in [0.15, 0.2) is 12.4 Å². The molecule has 0 amide bonds. The summed E-state index contributed by atoms with van der Waals surface area (Å²) >= 11 is 1.64. The third-order valence-corrected chi connectivity index (χ3v) is 8.79. The zero-order valence-electron chi connectivity index (χ0n) is 23.0. The zero-order chi connectivity index (χ0) is 28.1. The number of benzene rings is 5. The number of fused-ring (bicyclic) bond motifs is 2. The summed E-state index contributed by atoms with van der Waals surface area (Å²) in [5, 5.41) is 2.28. The number of ether oxygens (including phenoxy) is 5. The van der Waals surface area contributed by atoms with E-state index in [1.165, 1.54) is 0 Å². The first-order valence-corrected chi connectivity index (χ1v) is 15.2. The second kappa shape index (κ2) is 12.7. The Morgan fingerprint density at radius 1 is 0.667 bits per heavy atom. The van der Waals surface area contributed by atoms with Crippen LogP contribution in [-0.4, -0.2) is 36.5 Å². The lowest BCUT2D eigenvalue weighted by atomic mass is 9.98. The van der Waals surface area contributed by atoms with Crippen LogP contribution in [0.5, 0.6) is 5.75 Å². The van der Waals surface area contributed by atoms with E-state index in [1.54, 1.807) is 11.8 Å². The van der Waals surface area contributed by atoms with Gasteiger partial charge in [-0.15, -0.1) is 0 Å². The fraction of sp³-hybridized carbons (Fsp3) is 0.222. The van der Waals surface area contributed by atoms with Gasteiger partial charge in [-0.3, -0.25) is 0 Å². The van der Waals surface area contributed by atoms with Gasteiger partial charge in [-0.25, -0.2) is 0 Å². The van der Waals surface area contributed by atoms with Crippen molar-refractivity contribution in [3.05, 3.63) is 145 Å². The van der Waals surface area contributed by atoms with Crippen LogP contribution < -0.4 is 4.74 Å². The molecule has 6 atom stereocenters. The highest BCUT2D eigenvalue weighted by Gasteiger charge is 2.52. The number of hydrogen-bond donors (Lipinski definition) is 0. The summed E-state index contributed by atoms with van der Waals surface area (Å²) in [6, 6.07) is 45.0. The van der Waals surface area contributed by atoms with Crippen LogP contribution in [0.4, 0.5) is 0 Å².